The average Bonchev–Trinajstić information content (AvgIpc) is 2.25. The van der Waals surface area contributed by atoms with Crippen LogP contribution in [0.2, 0.25) is 0 Å². The lowest BCUT2D eigenvalue weighted by molar-refractivity contribution is -0.137. The van der Waals surface area contributed by atoms with Crippen molar-refractivity contribution in [3.8, 4) is 0 Å². The van der Waals surface area contributed by atoms with E-state index in [1.807, 2.05) is 6.92 Å². The fourth-order valence-electron chi connectivity index (χ4n) is 1.21. The van der Waals surface area contributed by atoms with Gasteiger partial charge in [-0.25, -0.2) is 0 Å². The summed E-state index contributed by atoms with van der Waals surface area (Å²) in [6.45, 7) is 3.79. The molecule has 0 atom stereocenters. The average molecular weight is 230 g/mol. The smallest absolute Gasteiger partial charge is 0.303 e. The molecule has 0 aromatic carbocycles. The number of hydrogen-bond donors (Lipinski definition) is 2. The van der Waals surface area contributed by atoms with Crippen LogP contribution in [-0.4, -0.2) is 48.6 Å². The molecule has 5 nitrogen and oxygen atoms in total. The van der Waals surface area contributed by atoms with E-state index in [0.29, 0.717) is 13.0 Å². The van der Waals surface area contributed by atoms with Crippen molar-refractivity contribution in [1.82, 2.24) is 10.2 Å². The van der Waals surface area contributed by atoms with Crippen molar-refractivity contribution in [1.29, 1.82) is 0 Å². The van der Waals surface area contributed by atoms with Crippen molar-refractivity contribution in [2.24, 2.45) is 0 Å². The van der Waals surface area contributed by atoms with Crippen molar-refractivity contribution in [3.63, 3.8) is 0 Å². The van der Waals surface area contributed by atoms with E-state index in [1.54, 1.807) is 11.9 Å². The molecule has 0 rings (SSSR count). The Kier molecular flexibility index (Phi) is 8.52. The summed E-state index contributed by atoms with van der Waals surface area (Å²) in [5, 5.41) is 11.5. The number of carbonyl (C=O) groups excluding carboxylic acids is 1. The summed E-state index contributed by atoms with van der Waals surface area (Å²) in [5.74, 6) is -0.652. The van der Waals surface area contributed by atoms with Gasteiger partial charge in [-0.1, -0.05) is 6.42 Å². The van der Waals surface area contributed by atoms with Gasteiger partial charge in [0.2, 0.25) is 5.91 Å². The highest BCUT2D eigenvalue weighted by atomic mass is 16.4. The molecule has 94 valence electrons. The highest BCUT2D eigenvalue weighted by Crippen LogP contribution is 1.98. The van der Waals surface area contributed by atoms with E-state index in [9.17, 15) is 9.59 Å². The number of unbranched alkanes of at least 4 members (excludes halogenated alkanes) is 2. The third kappa shape index (κ3) is 8.23. The van der Waals surface area contributed by atoms with Gasteiger partial charge < -0.3 is 15.3 Å². The van der Waals surface area contributed by atoms with Gasteiger partial charge in [-0.05, 0) is 26.3 Å². The van der Waals surface area contributed by atoms with Crippen LogP contribution in [0.25, 0.3) is 0 Å². The maximum Gasteiger partial charge on any atom is 0.303 e. The molecule has 2 N–H and O–H groups in total. The largest absolute Gasteiger partial charge is 0.481 e. The normalized spacial score (nSPS) is 10.1. The Bertz CT molecular complexity index is 219. The van der Waals surface area contributed by atoms with E-state index in [0.717, 1.165) is 25.9 Å². The molecule has 0 aliphatic rings. The molecule has 5 heteroatoms. The summed E-state index contributed by atoms with van der Waals surface area (Å²) in [4.78, 5) is 23.2. The maximum absolute atomic E-state index is 11.3. The van der Waals surface area contributed by atoms with Crippen molar-refractivity contribution < 1.29 is 14.7 Å². The van der Waals surface area contributed by atoms with Gasteiger partial charge in [0.05, 0.1) is 6.54 Å². The monoisotopic (exact) mass is 230 g/mol. The molecule has 0 heterocycles. The van der Waals surface area contributed by atoms with E-state index in [2.05, 4.69) is 5.32 Å². The number of amides is 1. The first-order valence-corrected chi connectivity index (χ1v) is 5.74. The molecule has 0 spiro atoms. The van der Waals surface area contributed by atoms with E-state index in [-0.39, 0.29) is 12.3 Å². The fourth-order valence-corrected chi connectivity index (χ4v) is 1.21. The second-order valence-corrected chi connectivity index (χ2v) is 3.79. The summed E-state index contributed by atoms with van der Waals surface area (Å²) in [7, 11) is 1.77. The van der Waals surface area contributed by atoms with Crippen LogP contribution < -0.4 is 5.32 Å². The van der Waals surface area contributed by atoms with Crippen molar-refractivity contribution >= 4 is 11.9 Å². The number of carbonyl (C=O) groups is 2. The van der Waals surface area contributed by atoms with Gasteiger partial charge in [0.15, 0.2) is 0 Å². The number of hydrogen-bond acceptors (Lipinski definition) is 3. The third-order valence-electron chi connectivity index (χ3n) is 2.42. The summed E-state index contributed by atoms with van der Waals surface area (Å²) in [6.07, 6.45) is 2.74. The van der Waals surface area contributed by atoms with Gasteiger partial charge in [-0.2, -0.15) is 0 Å². The Balaban J connectivity index is 3.27. The topological polar surface area (TPSA) is 69.6 Å². The molecule has 0 unspecified atom stereocenters. The van der Waals surface area contributed by atoms with Gasteiger partial charge in [0, 0.05) is 20.0 Å². The lowest BCUT2D eigenvalue weighted by atomic mass is 10.2. The first-order chi connectivity index (χ1) is 7.57. The Labute approximate surface area is 96.8 Å². The van der Waals surface area contributed by atoms with Crippen LogP contribution in [0, 0.1) is 0 Å². The van der Waals surface area contributed by atoms with Gasteiger partial charge in [0.25, 0.3) is 0 Å². The van der Waals surface area contributed by atoms with Crippen molar-refractivity contribution in [3.05, 3.63) is 0 Å². The molecule has 0 saturated carbocycles. The Morgan fingerprint density at radius 1 is 1.25 bits per heavy atom. The number of carboxylic acid groups (broad SMARTS) is 1. The van der Waals surface area contributed by atoms with Crippen LogP contribution in [0.15, 0.2) is 0 Å². The van der Waals surface area contributed by atoms with E-state index >= 15 is 0 Å². The molecule has 0 aliphatic carbocycles. The molecule has 16 heavy (non-hydrogen) atoms. The van der Waals surface area contributed by atoms with Gasteiger partial charge >= 0.3 is 5.97 Å². The van der Waals surface area contributed by atoms with Gasteiger partial charge in [-0.15, -0.1) is 0 Å². The molecule has 0 aliphatic heterocycles. The number of nitrogens with zero attached hydrogens (tertiary/aromatic N) is 1. The van der Waals surface area contributed by atoms with Crippen LogP contribution in [0.1, 0.15) is 32.6 Å². The van der Waals surface area contributed by atoms with Gasteiger partial charge in [0.1, 0.15) is 0 Å². The van der Waals surface area contributed by atoms with Crippen LogP contribution in [0.3, 0.4) is 0 Å². The minimum absolute atomic E-state index is 0.0908. The SMILES string of the molecule is CCN(C)C(=O)CNCCCCCC(=O)O. The molecular formula is C11H22N2O3. The number of carboxylic acids is 1. The van der Waals surface area contributed by atoms with E-state index < -0.39 is 5.97 Å². The number of likely N-dealkylation sites (N-methyl/N-ethyl adjacent to an activating group) is 1. The van der Waals surface area contributed by atoms with E-state index in [4.69, 9.17) is 5.11 Å². The molecular weight excluding hydrogens is 208 g/mol. The predicted octanol–water partition coefficient (Wildman–Crippen LogP) is 0.699. The van der Waals surface area contributed by atoms with Crippen LogP contribution in [-0.2, 0) is 9.59 Å². The molecule has 1 amide bonds. The zero-order chi connectivity index (χ0) is 12.4. The summed E-state index contributed by atoms with van der Waals surface area (Å²) in [6, 6.07) is 0. The minimum atomic E-state index is -0.743. The second kappa shape index (κ2) is 9.15. The lowest BCUT2D eigenvalue weighted by Gasteiger charge is -2.14. The standard InChI is InChI=1S/C11H22N2O3/c1-3-13(2)10(14)9-12-8-6-4-5-7-11(15)16/h12H,3-9H2,1-2H3,(H,15,16). The second-order valence-electron chi connectivity index (χ2n) is 3.79. The highest BCUT2D eigenvalue weighted by molar-refractivity contribution is 5.77. The molecule has 0 bridgehead atoms. The summed E-state index contributed by atoms with van der Waals surface area (Å²) < 4.78 is 0. The number of rotatable bonds is 9. The zero-order valence-electron chi connectivity index (χ0n) is 10.2. The van der Waals surface area contributed by atoms with Crippen LogP contribution in [0.5, 0.6) is 0 Å². The molecule has 0 aromatic heterocycles. The predicted molar refractivity (Wildman–Crippen MR) is 62.3 cm³/mol. The Morgan fingerprint density at radius 3 is 2.50 bits per heavy atom. The zero-order valence-corrected chi connectivity index (χ0v) is 10.2. The molecule has 0 saturated heterocycles. The van der Waals surface area contributed by atoms with Crippen molar-refractivity contribution in [2.45, 2.75) is 32.6 Å². The molecule has 0 aromatic rings. The van der Waals surface area contributed by atoms with Crippen molar-refractivity contribution in [2.75, 3.05) is 26.7 Å². The van der Waals surface area contributed by atoms with E-state index in [1.165, 1.54) is 0 Å². The quantitative estimate of drug-likeness (QED) is 0.572. The minimum Gasteiger partial charge on any atom is -0.481 e. The molecule has 0 fully saturated rings. The highest BCUT2D eigenvalue weighted by Gasteiger charge is 2.04. The Hall–Kier alpha value is -1.10. The summed E-state index contributed by atoms with van der Waals surface area (Å²) >= 11 is 0. The first kappa shape index (κ1) is 14.9. The lowest BCUT2D eigenvalue weighted by Crippen LogP contribution is -2.35. The fraction of sp³-hybridized carbons (Fsp3) is 0.818. The maximum atomic E-state index is 11.3. The first-order valence-electron chi connectivity index (χ1n) is 5.74. The number of aliphatic carboxylic acids is 1. The molecule has 0 radical (unpaired) electrons. The van der Waals surface area contributed by atoms with Gasteiger partial charge in [-0.3, -0.25) is 9.59 Å². The van der Waals surface area contributed by atoms with Crippen LogP contribution >= 0.6 is 0 Å². The van der Waals surface area contributed by atoms with Crippen LogP contribution in [0.4, 0.5) is 0 Å². The Morgan fingerprint density at radius 2 is 1.94 bits per heavy atom. The number of nitrogens with one attached hydrogen (secondary N) is 1. The third-order valence-corrected chi connectivity index (χ3v) is 2.42. The summed E-state index contributed by atoms with van der Waals surface area (Å²) in [5.41, 5.74) is 0.